The van der Waals surface area contributed by atoms with E-state index in [1.165, 1.54) is 12.3 Å². The number of hydrogen-bond acceptors (Lipinski definition) is 3. The van der Waals surface area contributed by atoms with Crippen LogP contribution in [0, 0.1) is 5.95 Å². The van der Waals surface area contributed by atoms with Gasteiger partial charge < -0.3 is 10.8 Å². The van der Waals surface area contributed by atoms with Gasteiger partial charge in [0.25, 0.3) is 0 Å². The minimum atomic E-state index is -0.934. The summed E-state index contributed by atoms with van der Waals surface area (Å²) in [5.74, 6) is -0.703. The molecule has 0 saturated carbocycles. The molecule has 0 bridgehead atoms. The zero-order valence-electron chi connectivity index (χ0n) is 6.87. The highest BCUT2D eigenvalue weighted by atomic mass is 35.5. The maximum Gasteiger partial charge on any atom is 0.218 e. The Balaban J connectivity index is 2.91. The van der Waals surface area contributed by atoms with Gasteiger partial charge in [-0.3, -0.25) is 0 Å². The first-order valence-corrected chi connectivity index (χ1v) is 4.22. The molecule has 13 heavy (non-hydrogen) atoms. The molecular formula is C8H10ClFN2O. The Kier molecular flexibility index (Phi) is 3.59. The van der Waals surface area contributed by atoms with Crippen molar-refractivity contribution in [3.05, 3.63) is 28.8 Å². The first kappa shape index (κ1) is 10.4. The van der Waals surface area contributed by atoms with Crippen LogP contribution in [0.4, 0.5) is 4.39 Å². The van der Waals surface area contributed by atoms with Crippen molar-refractivity contribution in [2.75, 3.05) is 6.54 Å². The zero-order chi connectivity index (χ0) is 9.84. The summed E-state index contributed by atoms with van der Waals surface area (Å²) in [7, 11) is 0. The van der Waals surface area contributed by atoms with E-state index >= 15 is 0 Å². The van der Waals surface area contributed by atoms with E-state index in [4.69, 9.17) is 17.3 Å². The predicted molar refractivity (Wildman–Crippen MR) is 47.8 cm³/mol. The van der Waals surface area contributed by atoms with Crippen molar-refractivity contribution in [3.8, 4) is 0 Å². The molecule has 0 aromatic carbocycles. The predicted octanol–water partition coefficient (Wildman–Crippen LogP) is 1.26. The summed E-state index contributed by atoms with van der Waals surface area (Å²) in [4.78, 5) is 3.38. The standard InChI is InChI=1S/C8H10ClFN2O/c9-5-3-6(7(13)1-2-11)8(10)12-4-5/h3-4,7,13H,1-2,11H2/t7-/m0/s1. The van der Waals surface area contributed by atoms with Crippen molar-refractivity contribution in [1.82, 2.24) is 4.98 Å². The van der Waals surface area contributed by atoms with Crippen molar-refractivity contribution in [1.29, 1.82) is 0 Å². The fraction of sp³-hybridized carbons (Fsp3) is 0.375. The molecule has 0 aliphatic rings. The number of aliphatic hydroxyl groups excluding tert-OH is 1. The van der Waals surface area contributed by atoms with Gasteiger partial charge >= 0.3 is 0 Å². The Bertz CT molecular complexity index is 295. The number of nitrogens with zero attached hydrogens (tertiary/aromatic N) is 1. The van der Waals surface area contributed by atoms with Gasteiger partial charge in [-0.2, -0.15) is 4.39 Å². The van der Waals surface area contributed by atoms with E-state index < -0.39 is 12.1 Å². The summed E-state index contributed by atoms with van der Waals surface area (Å²) in [6.45, 7) is 0.285. The Labute approximate surface area is 80.3 Å². The van der Waals surface area contributed by atoms with E-state index in [9.17, 15) is 9.50 Å². The summed E-state index contributed by atoms with van der Waals surface area (Å²) < 4.78 is 13.0. The lowest BCUT2D eigenvalue weighted by atomic mass is 10.1. The van der Waals surface area contributed by atoms with Crippen LogP contribution in [-0.2, 0) is 0 Å². The molecule has 1 aromatic heterocycles. The monoisotopic (exact) mass is 204 g/mol. The van der Waals surface area contributed by atoms with Gasteiger partial charge in [0.05, 0.1) is 11.1 Å². The van der Waals surface area contributed by atoms with Crippen LogP contribution < -0.4 is 5.73 Å². The molecule has 1 rings (SSSR count). The van der Waals surface area contributed by atoms with Crippen LogP contribution in [0.25, 0.3) is 0 Å². The summed E-state index contributed by atoms with van der Waals surface area (Å²) in [5, 5.41) is 9.71. The summed E-state index contributed by atoms with van der Waals surface area (Å²) in [6, 6.07) is 1.35. The van der Waals surface area contributed by atoms with Crippen LogP contribution in [0.1, 0.15) is 18.1 Å². The Hall–Kier alpha value is -0.710. The molecule has 0 saturated heterocycles. The fourth-order valence-corrected chi connectivity index (χ4v) is 1.15. The van der Waals surface area contributed by atoms with Crippen LogP contribution in [0.5, 0.6) is 0 Å². The number of nitrogens with two attached hydrogens (primary N) is 1. The third kappa shape index (κ3) is 2.62. The third-order valence-corrected chi connectivity index (χ3v) is 1.84. The normalized spacial score (nSPS) is 12.9. The number of pyridine rings is 1. The van der Waals surface area contributed by atoms with Gasteiger partial charge in [-0.05, 0) is 19.0 Å². The molecule has 1 aromatic rings. The van der Waals surface area contributed by atoms with Crippen molar-refractivity contribution in [2.45, 2.75) is 12.5 Å². The smallest absolute Gasteiger partial charge is 0.218 e. The molecule has 0 radical (unpaired) electrons. The number of aliphatic hydroxyl groups is 1. The van der Waals surface area contributed by atoms with Crippen LogP contribution in [0.3, 0.4) is 0 Å². The summed E-state index contributed by atoms with van der Waals surface area (Å²) in [6.07, 6.45) is 0.547. The molecule has 0 unspecified atom stereocenters. The molecule has 0 aliphatic heterocycles. The minimum absolute atomic E-state index is 0.0953. The molecule has 72 valence electrons. The number of aromatic nitrogens is 1. The minimum Gasteiger partial charge on any atom is -0.388 e. The first-order chi connectivity index (χ1) is 6.15. The maximum absolute atomic E-state index is 13.0. The topological polar surface area (TPSA) is 59.1 Å². The van der Waals surface area contributed by atoms with Gasteiger partial charge in [0.2, 0.25) is 5.95 Å². The quantitative estimate of drug-likeness (QED) is 0.729. The van der Waals surface area contributed by atoms with E-state index in [0.717, 1.165) is 0 Å². The molecule has 1 atom stereocenters. The zero-order valence-corrected chi connectivity index (χ0v) is 7.63. The number of hydrogen-bond donors (Lipinski definition) is 2. The average Bonchev–Trinajstić information content (AvgIpc) is 2.09. The second-order valence-corrected chi connectivity index (χ2v) is 3.06. The molecular weight excluding hydrogens is 195 g/mol. The second-order valence-electron chi connectivity index (χ2n) is 2.63. The molecule has 3 nitrogen and oxygen atoms in total. The fourth-order valence-electron chi connectivity index (χ4n) is 0.985. The van der Waals surface area contributed by atoms with Gasteiger partial charge in [0, 0.05) is 11.8 Å². The van der Waals surface area contributed by atoms with Crippen molar-refractivity contribution >= 4 is 11.6 Å². The van der Waals surface area contributed by atoms with E-state index in [1.807, 2.05) is 0 Å². The van der Waals surface area contributed by atoms with Crippen molar-refractivity contribution in [2.24, 2.45) is 5.73 Å². The van der Waals surface area contributed by atoms with E-state index in [2.05, 4.69) is 4.98 Å². The average molecular weight is 205 g/mol. The number of halogens is 2. The summed E-state index contributed by atoms with van der Waals surface area (Å²) in [5.41, 5.74) is 5.31. The molecule has 3 N–H and O–H groups in total. The molecule has 0 fully saturated rings. The SMILES string of the molecule is NCC[C@H](O)c1cc(Cl)cnc1F. The van der Waals surface area contributed by atoms with E-state index in [0.29, 0.717) is 11.4 Å². The van der Waals surface area contributed by atoms with Gasteiger partial charge in [-0.25, -0.2) is 4.98 Å². The molecule has 0 amide bonds. The first-order valence-electron chi connectivity index (χ1n) is 3.84. The lowest BCUT2D eigenvalue weighted by Gasteiger charge is -2.09. The van der Waals surface area contributed by atoms with Gasteiger partial charge in [-0.1, -0.05) is 11.6 Å². The second kappa shape index (κ2) is 4.50. The van der Waals surface area contributed by atoms with Gasteiger partial charge in [0.1, 0.15) is 0 Å². The van der Waals surface area contributed by atoms with Crippen LogP contribution in [0.2, 0.25) is 5.02 Å². The molecule has 1 heterocycles. The summed E-state index contributed by atoms with van der Waals surface area (Å²) >= 11 is 5.59. The third-order valence-electron chi connectivity index (χ3n) is 1.63. The molecule has 0 spiro atoms. The van der Waals surface area contributed by atoms with E-state index in [1.54, 1.807) is 0 Å². The van der Waals surface area contributed by atoms with Crippen LogP contribution in [-0.4, -0.2) is 16.6 Å². The number of rotatable bonds is 3. The van der Waals surface area contributed by atoms with Crippen molar-refractivity contribution < 1.29 is 9.50 Å². The molecule has 5 heteroatoms. The Morgan fingerprint density at radius 3 is 3.00 bits per heavy atom. The highest BCUT2D eigenvalue weighted by Crippen LogP contribution is 2.21. The van der Waals surface area contributed by atoms with Gasteiger partial charge in [0.15, 0.2) is 0 Å². The van der Waals surface area contributed by atoms with Crippen molar-refractivity contribution in [3.63, 3.8) is 0 Å². The maximum atomic E-state index is 13.0. The highest BCUT2D eigenvalue weighted by molar-refractivity contribution is 6.30. The largest absolute Gasteiger partial charge is 0.388 e. The molecule has 0 aliphatic carbocycles. The van der Waals surface area contributed by atoms with E-state index in [-0.39, 0.29) is 12.1 Å². The Morgan fingerprint density at radius 2 is 2.38 bits per heavy atom. The lowest BCUT2D eigenvalue weighted by molar-refractivity contribution is 0.164. The van der Waals surface area contributed by atoms with Crippen LogP contribution in [0.15, 0.2) is 12.3 Å². The van der Waals surface area contributed by atoms with Gasteiger partial charge in [-0.15, -0.1) is 0 Å². The highest BCUT2D eigenvalue weighted by Gasteiger charge is 2.13. The lowest BCUT2D eigenvalue weighted by Crippen LogP contribution is -2.08. The van der Waals surface area contributed by atoms with Crippen LogP contribution >= 0.6 is 11.6 Å². The Morgan fingerprint density at radius 1 is 1.69 bits per heavy atom.